The first-order valence-corrected chi connectivity index (χ1v) is 5.73. The van der Waals surface area contributed by atoms with Crippen molar-refractivity contribution >= 4 is 11.6 Å². The van der Waals surface area contributed by atoms with E-state index in [0.717, 1.165) is 16.7 Å². The number of rotatable bonds is 2. The van der Waals surface area contributed by atoms with E-state index in [1.165, 1.54) is 6.07 Å². The number of hydrogen-bond donors (Lipinski definition) is 0. The van der Waals surface area contributed by atoms with Gasteiger partial charge in [0, 0.05) is 5.56 Å². The molecular formula is C13H12ClFN2. The van der Waals surface area contributed by atoms with Crippen LogP contribution in [-0.2, 0) is 0 Å². The molecule has 0 saturated carbocycles. The average molecular weight is 251 g/mol. The lowest BCUT2D eigenvalue weighted by molar-refractivity contribution is 0.624. The van der Waals surface area contributed by atoms with E-state index in [9.17, 15) is 4.39 Å². The molecule has 1 heterocycles. The second-order valence-corrected chi connectivity index (χ2v) is 4.55. The summed E-state index contributed by atoms with van der Waals surface area (Å²) >= 11 is 5.83. The van der Waals surface area contributed by atoms with Gasteiger partial charge in [0.2, 0.25) is 0 Å². The van der Waals surface area contributed by atoms with E-state index >= 15 is 0 Å². The van der Waals surface area contributed by atoms with E-state index in [0.29, 0.717) is 0 Å². The number of aromatic nitrogens is 2. The highest BCUT2D eigenvalue weighted by molar-refractivity contribution is 6.31. The molecule has 0 unspecified atom stereocenters. The van der Waals surface area contributed by atoms with Crippen LogP contribution in [0.25, 0.3) is 11.1 Å². The third-order valence-corrected chi connectivity index (χ3v) is 2.90. The Bertz CT molecular complexity index is 526. The number of nitrogens with zero attached hydrogens (tertiary/aromatic N) is 2. The van der Waals surface area contributed by atoms with Crippen molar-refractivity contribution in [1.82, 2.24) is 10.2 Å². The largest absolute Gasteiger partial charge is 0.205 e. The molecule has 0 amide bonds. The summed E-state index contributed by atoms with van der Waals surface area (Å²) in [5.74, 6) is -0.175. The molecule has 1 aromatic heterocycles. The molecule has 17 heavy (non-hydrogen) atoms. The molecule has 0 radical (unpaired) electrons. The Hall–Kier alpha value is -1.48. The van der Waals surface area contributed by atoms with Crippen LogP contribution in [0.2, 0.25) is 5.02 Å². The highest BCUT2D eigenvalue weighted by Gasteiger charge is 2.13. The molecule has 0 N–H and O–H groups in total. The Balaban J connectivity index is 2.64. The monoisotopic (exact) mass is 250 g/mol. The minimum Gasteiger partial charge on any atom is -0.205 e. The molecular weight excluding hydrogens is 239 g/mol. The third kappa shape index (κ3) is 2.44. The van der Waals surface area contributed by atoms with Gasteiger partial charge in [0.15, 0.2) is 0 Å². The first kappa shape index (κ1) is 12.0. The lowest BCUT2D eigenvalue weighted by Crippen LogP contribution is -1.95. The van der Waals surface area contributed by atoms with Crippen LogP contribution in [0, 0.1) is 5.82 Å². The predicted molar refractivity (Wildman–Crippen MR) is 66.5 cm³/mol. The molecule has 0 bridgehead atoms. The van der Waals surface area contributed by atoms with Crippen molar-refractivity contribution in [2.45, 2.75) is 19.8 Å². The van der Waals surface area contributed by atoms with Crippen LogP contribution in [0.15, 0.2) is 30.6 Å². The third-order valence-electron chi connectivity index (χ3n) is 2.61. The molecule has 0 aliphatic rings. The van der Waals surface area contributed by atoms with Crippen LogP contribution in [0.1, 0.15) is 25.3 Å². The molecule has 0 spiro atoms. The van der Waals surface area contributed by atoms with Gasteiger partial charge in [-0.3, -0.25) is 0 Å². The standard InChI is InChI=1S/C13H12ClFN2/c1-8(2)10-6-13(15)12(14)5-11(10)9-3-4-16-17-7-9/h3-8H,1-2H3. The zero-order valence-electron chi connectivity index (χ0n) is 9.61. The van der Waals surface area contributed by atoms with Gasteiger partial charge in [-0.1, -0.05) is 25.4 Å². The number of halogens is 2. The van der Waals surface area contributed by atoms with Crippen molar-refractivity contribution in [3.63, 3.8) is 0 Å². The first-order valence-electron chi connectivity index (χ1n) is 5.35. The summed E-state index contributed by atoms with van der Waals surface area (Å²) in [6.07, 6.45) is 3.26. The van der Waals surface area contributed by atoms with Gasteiger partial charge in [0.05, 0.1) is 17.4 Å². The first-order chi connectivity index (χ1) is 8.09. The predicted octanol–water partition coefficient (Wildman–Crippen LogP) is 4.06. The maximum Gasteiger partial charge on any atom is 0.142 e. The Kier molecular flexibility index (Phi) is 3.38. The highest BCUT2D eigenvalue weighted by atomic mass is 35.5. The van der Waals surface area contributed by atoms with Crippen LogP contribution in [0.3, 0.4) is 0 Å². The van der Waals surface area contributed by atoms with E-state index in [2.05, 4.69) is 10.2 Å². The van der Waals surface area contributed by atoms with Gasteiger partial charge in [0.1, 0.15) is 5.82 Å². The van der Waals surface area contributed by atoms with E-state index in [4.69, 9.17) is 11.6 Å². The Morgan fingerprint density at radius 2 is 2.00 bits per heavy atom. The summed E-state index contributed by atoms with van der Waals surface area (Å²) < 4.78 is 13.5. The quantitative estimate of drug-likeness (QED) is 0.803. The second-order valence-electron chi connectivity index (χ2n) is 4.14. The topological polar surface area (TPSA) is 25.8 Å². The average Bonchev–Trinajstić information content (AvgIpc) is 2.33. The minimum absolute atomic E-state index is 0.126. The van der Waals surface area contributed by atoms with E-state index in [-0.39, 0.29) is 16.8 Å². The molecule has 88 valence electrons. The fourth-order valence-corrected chi connectivity index (χ4v) is 1.90. The van der Waals surface area contributed by atoms with Gasteiger partial charge in [-0.25, -0.2) is 4.39 Å². The molecule has 0 saturated heterocycles. The maximum atomic E-state index is 13.5. The maximum absolute atomic E-state index is 13.5. The SMILES string of the molecule is CC(C)c1cc(F)c(Cl)cc1-c1ccnnc1. The van der Waals surface area contributed by atoms with Crippen LogP contribution < -0.4 is 0 Å². The summed E-state index contributed by atoms with van der Waals surface area (Å²) in [6.45, 7) is 4.03. The van der Waals surface area contributed by atoms with Crippen LogP contribution in [0.5, 0.6) is 0 Å². The molecule has 4 heteroatoms. The number of benzene rings is 1. The van der Waals surface area contributed by atoms with Crippen molar-refractivity contribution in [1.29, 1.82) is 0 Å². The van der Waals surface area contributed by atoms with E-state index < -0.39 is 0 Å². The molecule has 2 rings (SSSR count). The van der Waals surface area contributed by atoms with Crippen molar-refractivity contribution in [2.24, 2.45) is 0 Å². The molecule has 0 fully saturated rings. The summed E-state index contributed by atoms with van der Waals surface area (Å²) in [6, 6.07) is 4.97. The van der Waals surface area contributed by atoms with Gasteiger partial charge in [-0.2, -0.15) is 10.2 Å². The molecule has 1 aromatic carbocycles. The van der Waals surface area contributed by atoms with Crippen LogP contribution in [-0.4, -0.2) is 10.2 Å². The van der Waals surface area contributed by atoms with E-state index in [1.54, 1.807) is 18.5 Å². The lowest BCUT2D eigenvalue weighted by Gasteiger charge is -2.13. The van der Waals surface area contributed by atoms with E-state index in [1.807, 2.05) is 19.9 Å². The highest BCUT2D eigenvalue weighted by Crippen LogP contribution is 2.32. The zero-order valence-corrected chi connectivity index (χ0v) is 10.4. The Labute approximate surface area is 104 Å². The van der Waals surface area contributed by atoms with Crippen molar-refractivity contribution < 1.29 is 4.39 Å². The second kappa shape index (κ2) is 4.80. The van der Waals surface area contributed by atoms with Crippen molar-refractivity contribution in [3.8, 4) is 11.1 Å². The van der Waals surface area contributed by atoms with Gasteiger partial charge in [-0.05, 0) is 35.2 Å². The van der Waals surface area contributed by atoms with Crippen LogP contribution in [0.4, 0.5) is 4.39 Å². The molecule has 0 aliphatic heterocycles. The summed E-state index contributed by atoms with van der Waals surface area (Å²) in [7, 11) is 0. The van der Waals surface area contributed by atoms with Gasteiger partial charge in [-0.15, -0.1) is 0 Å². The van der Waals surface area contributed by atoms with Gasteiger partial charge < -0.3 is 0 Å². The van der Waals surface area contributed by atoms with Gasteiger partial charge >= 0.3 is 0 Å². The lowest BCUT2D eigenvalue weighted by atomic mass is 9.93. The normalized spacial score (nSPS) is 10.9. The molecule has 0 aliphatic carbocycles. The fourth-order valence-electron chi connectivity index (χ4n) is 1.74. The Morgan fingerprint density at radius 1 is 1.24 bits per heavy atom. The van der Waals surface area contributed by atoms with Gasteiger partial charge in [0.25, 0.3) is 0 Å². The fraction of sp³-hybridized carbons (Fsp3) is 0.231. The van der Waals surface area contributed by atoms with Crippen molar-refractivity contribution in [2.75, 3.05) is 0 Å². The van der Waals surface area contributed by atoms with Crippen molar-refractivity contribution in [3.05, 3.63) is 47.0 Å². The smallest absolute Gasteiger partial charge is 0.142 e. The molecule has 2 nitrogen and oxygen atoms in total. The number of hydrogen-bond acceptors (Lipinski definition) is 2. The zero-order chi connectivity index (χ0) is 12.4. The summed E-state index contributed by atoms with van der Waals surface area (Å²) in [4.78, 5) is 0. The summed E-state index contributed by atoms with van der Waals surface area (Å²) in [5.41, 5.74) is 2.71. The Morgan fingerprint density at radius 3 is 2.59 bits per heavy atom. The summed E-state index contributed by atoms with van der Waals surface area (Å²) in [5, 5.41) is 7.68. The minimum atomic E-state index is -0.388. The molecule has 2 aromatic rings. The molecule has 0 atom stereocenters. The van der Waals surface area contributed by atoms with Crippen LogP contribution >= 0.6 is 11.6 Å².